The van der Waals surface area contributed by atoms with E-state index in [0.717, 1.165) is 21.4 Å². The van der Waals surface area contributed by atoms with Crippen molar-refractivity contribution in [2.45, 2.75) is 4.90 Å². The standard InChI is InChI=1S/C11H7NOS/c13-11-10-8(14)5-4-6-2-1-3-7(12-11)9(6)10/h1-5,14H,(H,12,13). The molecule has 1 N–H and O–H groups in total. The lowest BCUT2D eigenvalue weighted by Gasteiger charge is -2.00. The third kappa shape index (κ3) is 0.849. The number of hydrogen-bond acceptors (Lipinski definition) is 2. The van der Waals surface area contributed by atoms with E-state index in [0.29, 0.717) is 5.56 Å². The Morgan fingerprint density at radius 1 is 1.14 bits per heavy atom. The summed E-state index contributed by atoms with van der Waals surface area (Å²) in [5.74, 6) is -0.0539. The molecule has 0 spiro atoms. The van der Waals surface area contributed by atoms with Crippen LogP contribution in [0.15, 0.2) is 35.2 Å². The molecule has 0 atom stereocenters. The van der Waals surface area contributed by atoms with E-state index < -0.39 is 0 Å². The van der Waals surface area contributed by atoms with Crippen LogP contribution in [-0.2, 0) is 0 Å². The van der Waals surface area contributed by atoms with Gasteiger partial charge in [-0.15, -0.1) is 12.6 Å². The molecule has 0 bridgehead atoms. The Morgan fingerprint density at radius 3 is 2.86 bits per heavy atom. The molecule has 0 saturated carbocycles. The van der Waals surface area contributed by atoms with Gasteiger partial charge < -0.3 is 5.32 Å². The smallest absolute Gasteiger partial charge is 0.257 e. The van der Waals surface area contributed by atoms with Crippen LogP contribution in [-0.4, -0.2) is 5.91 Å². The fourth-order valence-corrected chi connectivity index (χ4v) is 2.17. The van der Waals surface area contributed by atoms with Crippen LogP contribution in [0.5, 0.6) is 0 Å². The van der Waals surface area contributed by atoms with Crippen molar-refractivity contribution in [3.05, 3.63) is 35.9 Å². The van der Waals surface area contributed by atoms with Gasteiger partial charge in [-0.3, -0.25) is 4.79 Å². The lowest BCUT2D eigenvalue weighted by Crippen LogP contribution is -2.04. The maximum Gasteiger partial charge on any atom is 0.257 e. The summed E-state index contributed by atoms with van der Waals surface area (Å²) in [5.41, 5.74) is 1.58. The van der Waals surface area contributed by atoms with E-state index in [9.17, 15) is 4.79 Å². The minimum atomic E-state index is -0.0539. The second-order valence-electron chi connectivity index (χ2n) is 3.32. The Bertz CT molecular complexity index is 562. The van der Waals surface area contributed by atoms with Crippen LogP contribution >= 0.6 is 12.6 Å². The highest BCUT2D eigenvalue weighted by Gasteiger charge is 2.22. The number of benzene rings is 2. The van der Waals surface area contributed by atoms with E-state index in [-0.39, 0.29) is 5.91 Å². The number of anilines is 1. The zero-order valence-corrected chi connectivity index (χ0v) is 8.14. The predicted molar refractivity (Wildman–Crippen MR) is 59.2 cm³/mol. The molecule has 3 heteroatoms. The summed E-state index contributed by atoms with van der Waals surface area (Å²) in [7, 11) is 0. The molecule has 1 aliphatic rings. The first-order chi connectivity index (χ1) is 6.77. The lowest BCUT2D eigenvalue weighted by atomic mass is 10.1. The van der Waals surface area contributed by atoms with Gasteiger partial charge in [-0.05, 0) is 17.5 Å². The van der Waals surface area contributed by atoms with E-state index in [1.165, 1.54) is 0 Å². The van der Waals surface area contributed by atoms with Crippen molar-refractivity contribution in [1.82, 2.24) is 0 Å². The molecular formula is C11H7NOS. The first-order valence-corrected chi connectivity index (χ1v) is 4.78. The minimum Gasteiger partial charge on any atom is -0.321 e. The third-order valence-electron chi connectivity index (χ3n) is 2.50. The summed E-state index contributed by atoms with van der Waals surface area (Å²) in [6, 6.07) is 9.67. The van der Waals surface area contributed by atoms with E-state index >= 15 is 0 Å². The quantitative estimate of drug-likeness (QED) is 0.630. The highest BCUT2D eigenvalue weighted by atomic mass is 32.1. The molecule has 2 aromatic carbocycles. The maximum absolute atomic E-state index is 11.6. The summed E-state index contributed by atoms with van der Waals surface area (Å²) < 4.78 is 0. The molecule has 3 rings (SSSR count). The minimum absolute atomic E-state index is 0.0539. The fourth-order valence-electron chi connectivity index (χ4n) is 1.89. The van der Waals surface area contributed by atoms with Crippen molar-refractivity contribution in [1.29, 1.82) is 0 Å². The zero-order valence-electron chi connectivity index (χ0n) is 7.24. The molecule has 1 heterocycles. The number of thiol groups is 1. The molecule has 68 valence electrons. The maximum atomic E-state index is 11.6. The van der Waals surface area contributed by atoms with Crippen LogP contribution in [0.1, 0.15) is 10.4 Å². The summed E-state index contributed by atoms with van der Waals surface area (Å²) in [5, 5.41) is 4.89. The molecule has 1 amide bonds. The van der Waals surface area contributed by atoms with Gasteiger partial charge in [-0.25, -0.2) is 0 Å². The SMILES string of the molecule is O=C1Nc2cccc3ccc(S)c1c23. The molecule has 1 aliphatic heterocycles. The van der Waals surface area contributed by atoms with Gasteiger partial charge in [-0.1, -0.05) is 18.2 Å². The van der Waals surface area contributed by atoms with E-state index in [2.05, 4.69) is 17.9 Å². The Balaban J connectivity index is 2.59. The number of amides is 1. The van der Waals surface area contributed by atoms with Gasteiger partial charge in [0, 0.05) is 16.0 Å². The Hall–Kier alpha value is -1.48. The van der Waals surface area contributed by atoms with Crippen molar-refractivity contribution in [3.63, 3.8) is 0 Å². The highest BCUT2D eigenvalue weighted by Crippen LogP contribution is 2.35. The summed E-state index contributed by atoms with van der Waals surface area (Å²) >= 11 is 4.29. The second kappa shape index (κ2) is 2.51. The molecule has 2 aromatic rings. The number of hydrogen-bond donors (Lipinski definition) is 2. The van der Waals surface area contributed by atoms with E-state index in [4.69, 9.17) is 0 Å². The van der Waals surface area contributed by atoms with E-state index in [1.54, 1.807) is 0 Å². The van der Waals surface area contributed by atoms with Gasteiger partial charge in [0.15, 0.2) is 0 Å². The number of rotatable bonds is 0. The van der Waals surface area contributed by atoms with Gasteiger partial charge in [0.05, 0.1) is 5.56 Å². The Labute approximate surface area is 86.3 Å². The van der Waals surface area contributed by atoms with Crippen molar-refractivity contribution in [2.24, 2.45) is 0 Å². The van der Waals surface area contributed by atoms with Gasteiger partial charge in [0.2, 0.25) is 0 Å². The first-order valence-electron chi connectivity index (χ1n) is 4.33. The van der Waals surface area contributed by atoms with Crippen molar-refractivity contribution < 1.29 is 4.79 Å². The second-order valence-corrected chi connectivity index (χ2v) is 3.80. The Kier molecular flexibility index (Phi) is 1.42. The number of nitrogens with one attached hydrogen (secondary N) is 1. The number of carbonyl (C=O) groups is 1. The first kappa shape index (κ1) is 7.88. The van der Waals surface area contributed by atoms with Crippen molar-refractivity contribution in [2.75, 3.05) is 5.32 Å². The van der Waals surface area contributed by atoms with Gasteiger partial charge in [-0.2, -0.15) is 0 Å². The monoisotopic (exact) mass is 201 g/mol. The largest absolute Gasteiger partial charge is 0.321 e. The van der Waals surface area contributed by atoms with Gasteiger partial charge in [0.25, 0.3) is 5.91 Å². The Morgan fingerprint density at radius 2 is 2.00 bits per heavy atom. The average Bonchev–Trinajstić information content (AvgIpc) is 2.51. The third-order valence-corrected chi connectivity index (χ3v) is 2.87. The van der Waals surface area contributed by atoms with Gasteiger partial charge in [0.1, 0.15) is 0 Å². The predicted octanol–water partition coefficient (Wildman–Crippen LogP) is 2.69. The van der Waals surface area contributed by atoms with Crippen LogP contribution in [0.2, 0.25) is 0 Å². The molecule has 0 radical (unpaired) electrons. The van der Waals surface area contributed by atoms with Crippen LogP contribution in [0.25, 0.3) is 10.8 Å². The zero-order chi connectivity index (χ0) is 9.71. The van der Waals surface area contributed by atoms with Crippen LogP contribution in [0, 0.1) is 0 Å². The van der Waals surface area contributed by atoms with Crippen molar-refractivity contribution in [3.8, 4) is 0 Å². The van der Waals surface area contributed by atoms with E-state index in [1.807, 2.05) is 30.3 Å². The molecule has 2 nitrogen and oxygen atoms in total. The molecule has 0 saturated heterocycles. The average molecular weight is 201 g/mol. The normalized spacial score (nSPS) is 13.4. The molecule has 0 fully saturated rings. The molecule has 14 heavy (non-hydrogen) atoms. The molecule has 0 unspecified atom stereocenters. The van der Waals surface area contributed by atoms with Crippen LogP contribution in [0.3, 0.4) is 0 Å². The van der Waals surface area contributed by atoms with Gasteiger partial charge >= 0.3 is 0 Å². The summed E-state index contributed by atoms with van der Waals surface area (Å²) in [6.45, 7) is 0. The summed E-state index contributed by atoms with van der Waals surface area (Å²) in [6.07, 6.45) is 0. The lowest BCUT2D eigenvalue weighted by molar-refractivity contribution is 0.102. The summed E-state index contributed by atoms with van der Waals surface area (Å²) in [4.78, 5) is 12.3. The number of carbonyl (C=O) groups excluding carboxylic acids is 1. The molecular weight excluding hydrogens is 194 g/mol. The fraction of sp³-hybridized carbons (Fsp3) is 0. The highest BCUT2D eigenvalue weighted by molar-refractivity contribution is 7.80. The molecule has 0 aromatic heterocycles. The molecule has 0 aliphatic carbocycles. The van der Waals surface area contributed by atoms with Crippen molar-refractivity contribution >= 4 is 35.0 Å². The topological polar surface area (TPSA) is 29.1 Å². The van der Waals surface area contributed by atoms with Crippen LogP contribution < -0.4 is 5.32 Å². The van der Waals surface area contributed by atoms with Crippen LogP contribution in [0.4, 0.5) is 5.69 Å².